The maximum atomic E-state index is 12.0. The highest BCUT2D eigenvalue weighted by atomic mass is 35.5. The Bertz CT molecular complexity index is 677. The Morgan fingerprint density at radius 1 is 1.15 bits per heavy atom. The first-order valence-corrected chi connectivity index (χ1v) is 6.22. The Morgan fingerprint density at radius 3 is 2.60 bits per heavy atom. The molecule has 2 heterocycles. The predicted molar refractivity (Wildman–Crippen MR) is 72.2 cm³/mol. The lowest BCUT2D eigenvalue weighted by Crippen LogP contribution is -2.30. The minimum Gasteiger partial charge on any atom is -0.275 e. The summed E-state index contributed by atoms with van der Waals surface area (Å²) in [5, 5.41) is 2.29. The number of aromatic nitrogens is 2. The first-order valence-electron chi connectivity index (χ1n) is 5.84. The third-order valence-electron chi connectivity index (χ3n) is 2.93. The molecule has 3 amide bonds. The molecule has 0 radical (unpaired) electrons. The molecule has 0 bridgehead atoms. The molecule has 100 valence electrons. The number of hydrogen-bond acceptors (Lipinski definition) is 4. The Kier molecular flexibility index (Phi) is 3.08. The zero-order valence-corrected chi connectivity index (χ0v) is 10.9. The van der Waals surface area contributed by atoms with Gasteiger partial charge in [0.15, 0.2) is 0 Å². The second-order valence-corrected chi connectivity index (χ2v) is 4.50. The lowest BCUT2D eigenvalue weighted by molar-refractivity contribution is -0.119. The van der Waals surface area contributed by atoms with Crippen LogP contribution in [0.5, 0.6) is 0 Å². The summed E-state index contributed by atoms with van der Waals surface area (Å²) in [5.74, 6) is -0.113. The van der Waals surface area contributed by atoms with Gasteiger partial charge in [0.1, 0.15) is 11.9 Å². The Balaban J connectivity index is 2.07. The fourth-order valence-corrected chi connectivity index (χ4v) is 2.24. The van der Waals surface area contributed by atoms with Gasteiger partial charge in [0, 0.05) is 6.20 Å². The van der Waals surface area contributed by atoms with Crippen LogP contribution in [0, 0.1) is 0 Å². The van der Waals surface area contributed by atoms with Gasteiger partial charge in [-0.2, -0.15) is 0 Å². The Hall–Kier alpha value is -2.47. The second-order valence-electron chi connectivity index (χ2n) is 4.16. The quantitative estimate of drug-likeness (QED) is 0.677. The van der Waals surface area contributed by atoms with Gasteiger partial charge in [-0.1, -0.05) is 30.3 Å². The van der Waals surface area contributed by atoms with Gasteiger partial charge in [0.05, 0.1) is 0 Å². The van der Waals surface area contributed by atoms with E-state index >= 15 is 0 Å². The van der Waals surface area contributed by atoms with Gasteiger partial charge in [-0.3, -0.25) is 15.0 Å². The smallest absolute Gasteiger partial charge is 0.275 e. The maximum Gasteiger partial charge on any atom is 0.330 e. The second kappa shape index (κ2) is 4.90. The highest BCUT2D eigenvalue weighted by Crippen LogP contribution is 2.30. The predicted octanol–water partition coefficient (Wildman–Crippen LogP) is 1.93. The van der Waals surface area contributed by atoms with Crippen LogP contribution in [-0.4, -0.2) is 21.9 Å². The summed E-state index contributed by atoms with van der Waals surface area (Å²) in [4.78, 5) is 33.0. The van der Waals surface area contributed by atoms with Crippen molar-refractivity contribution in [2.45, 2.75) is 6.04 Å². The van der Waals surface area contributed by atoms with Crippen molar-refractivity contribution in [3.63, 3.8) is 0 Å². The van der Waals surface area contributed by atoms with Crippen molar-refractivity contribution in [2.24, 2.45) is 0 Å². The highest BCUT2D eigenvalue weighted by Gasteiger charge is 2.41. The molecular weight excluding hydrogens is 280 g/mol. The van der Waals surface area contributed by atoms with Crippen LogP contribution in [0.25, 0.3) is 0 Å². The van der Waals surface area contributed by atoms with Gasteiger partial charge in [0.25, 0.3) is 5.91 Å². The average Bonchev–Trinajstić information content (AvgIpc) is 2.74. The summed E-state index contributed by atoms with van der Waals surface area (Å²) in [6.07, 6.45) is 1.43. The molecule has 7 heteroatoms. The van der Waals surface area contributed by atoms with E-state index < -0.39 is 18.0 Å². The molecule has 1 fully saturated rings. The molecule has 0 aliphatic carbocycles. The van der Waals surface area contributed by atoms with Crippen LogP contribution in [-0.2, 0) is 4.79 Å². The Morgan fingerprint density at radius 2 is 1.90 bits per heavy atom. The number of amides is 3. The first-order chi connectivity index (χ1) is 9.66. The van der Waals surface area contributed by atoms with Crippen molar-refractivity contribution in [1.29, 1.82) is 0 Å². The molecule has 1 saturated heterocycles. The van der Waals surface area contributed by atoms with Crippen molar-refractivity contribution >= 4 is 29.4 Å². The van der Waals surface area contributed by atoms with E-state index in [-0.39, 0.29) is 11.1 Å². The van der Waals surface area contributed by atoms with Crippen LogP contribution in [0.3, 0.4) is 0 Å². The van der Waals surface area contributed by atoms with Gasteiger partial charge in [-0.05, 0) is 23.2 Å². The van der Waals surface area contributed by atoms with Crippen LogP contribution in [0.15, 0.2) is 42.6 Å². The highest BCUT2D eigenvalue weighted by molar-refractivity contribution is 6.28. The number of carbonyl (C=O) groups is 2. The van der Waals surface area contributed by atoms with E-state index in [9.17, 15) is 9.59 Å². The van der Waals surface area contributed by atoms with E-state index in [1.807, 2.05) is 6.07 Å². The summed E-state index contributed by atoms with van der Waals surface area (Å²) >= 11 is 5.74. The number of rotatable bonds is 2. The number of urea groups is 1. The molecule has 0 spiro atoms. The molecule has 6 nitrogen and oxygen atoms in total. The molecule has 0 saturated carbocycles. The van der Waals surface area contributed by atoms with E-state index in [1.54, 1.807) is 24.3 Å². The third kappa shape index (κ3) is 2.10. The number of hydrogen-bond donors (Lipinski definition) is 1. The minimum atomic E-state index is -0.755. The van der Waals surface area contributed by atoms with Crippen LogP contribution in [0.2, 0.25) is 5.28 Å². The van der Waals surface area contributed by atoms with E-state index in [0.717, 1.165) is 0 Å². The normalized spacial score (nSPS) is 18.2. The fourth-order valence-electron chi connectivity index (χ4n) is 2.10. The van der Waals surface area contributed by atoms with Crippen molar-refractivity contribution in [3.8, 4) is 0 Å². The molecule has 20 heavy (non-hydrogen) atoms. The molecule has 1 aromatic heterocycles. The largest absolute Gasteiger partial charge is 0.330 e. The molecule has 1 N–H and O–H groups in total. The van der Waals surface area contributed by atoms with Crippen molar-refractivity contribution in [3.05, 3.63) is 53.4 Å². The molecule has 2 aromatic rings. The van der Waals surface area contributed by atoms with Gasteiger partial charge in [-0.15, -0.1) is 0 Å². The number of carbonyl (C=O) groups excluding carboxylic acids is 2. The van der Waals surface area contributed by atoms with Crippen molar-refractivity contribution < 1.29 is 9.59 Å². The molecular formula is C13H9ClN4O2. The summed E-state index contributed by atoms with van der Waals surface area (Å²) in [5.41, 5.74) is 0.700. The number of imide groups is 1. The van der Waals surface area contributed by atoms with Gasteiger partial charge >= 0.3 is 6.03 Å². The Labute approximate surface area is 119 Å². The zero-order valence-electron chi connectivity index (χ0n) is 10.2. The number of anilines is 1. The van der Waals surface area contributed by atoms with E-state index in [4.69, 9.17) is 11.6 Å². The number of halogens is 1. The average molecular weight is 289 g/mol. The van der Waals surface area contributed by atoms with E-state index in [1.165, 1.54) is 17.2 Å². The van der Waals surface area contributed by atoms with Gasteiger partial charge < -0.3 is 0 Å². The summed E-state index contributed by atoms with van der Waals surface area (Å²) in [6.45, 7) is 0. The van der Waals surface area contributed by atoms with Gasteiger partial charge in [0.2, 0.25) is 5.28 Å². The molecule has 1 aromatic carbocycles. The molecule has 1 atom stereocenters. The van der Waals surface area contributed by atoms with Crippen LogP contribution >= 0.6 is 11.6 Å². The van der Waals surface area contributed by atoms with Crippen molar-refractivity contribution in [1.82, 2.24) is 15.3 Å². The standard InChI is InChI=1S/C13H9ClN4O2/c14-12-15-7-6-9(16-12)18-10(11(19)17-13(18)20)8-4-2-1-3-5-8/h1-7,10H,(H,17,19,20)/t10-/m0/s1. The lowest BCUT2D eigenvalue weighted by Gasteiger charge is -2.20. The van der Waals surface area contributed by atoms with E-state index in [0.29, 0.717) is 5.56 Å². The molecule has 3 rings (SSSR count). The monoisotopic (exact) mass is 288 g/mol. The summed E-state index contributed by atoms with van der Waals surface area (Å²) in [7, 11) is 0. The number of nitrogens with one attached hydrogen (secondary N) is 1. The van der Waals surface area contributed by atoms with Gasteiger partial charge in [-0.25, -0.2) is 14.8 Å². The number of nitrogens with zero attached hydrogens (tertiary/aromatic N) is 3. The molecule has 1 aliphatic rings. The van der Waals surface area contributed by atoms with Crippen LogP contribution in [0.4, 0.5) is 10.6 Å². The molecule has 1 aliphatic heterocycles. The maximum absolute atomic E-state index is 12.0. The minimum absolute atomic E-state index is 0.0152. The molecule has 0 unspecified atom stereocenters. The van der Waals surface area contributed by atoms with E-state index in [2.05, 4.69) is 15.3 Å². The number of benzene rings is 1. The van der Waals surface area contributed by atoms with Crippen molar-refractivity contribution in [2.75, 3.05) is 4.90 Å². The zero-order chi connectivity index (χ0) is 14.1. The fraction of sp³-hybridized carbons (Fsp3) is 0.0769. The van der Waals surface area contributed by atoms with Crippen LogP contribution in [0.1, 0.15) is 11.6 Å². The summed E-state index contributed by atoms with van der Waals surface area (Å²) < 4.78 is 0. The lowest BCUT2D eigenvalue weighted by atomic mass is 10.1. The third-order valence-corrected chi connectivity index (χ3v) is 3.11. The first kappa shape index (κ1) is 12.6. The SMILES string of the molecule is O=C1NC(=O)N(c2ccnc(Cl)n2)[C@H]1c1ccccc1. The van der Waals surface area contributed by atoms with Crippen LogP contribution < -0.4 is 10.2 Å². The summed E-state index contributed by atoms with van der Waals surface area (Å²) in [6, 6.07) is 9.24. The topological polar surface area (TPSA) is 75.2 Å².